The van der Waals surface area contributed by atoms with Crippen molar-refractivity contribution < 1.29 is 13.9 Å². The Morgan fingerprint density at radius 1 is 1.21 bits per heavy atom. The minimum atomic E-state index is -0.364. The number of nitrogens with one attached hydrogen (secondary N) is 1. The summed E-state index contributed by atoms with van der Waals surface area (Å²) in [4.78, 5) is 16.5. The van der Waals surface area contributed by atoms with E-state index in [0.29, 0.717) is 22.8 Å². The molecular weight excluding hydrogens is 359 g/mol. The number of benzene rings is 2. The minimum absolute atomic E-state index is 0.0315. The lowest BCUT2D eigenvalue weighted by Gasteiger charge is -2.28. The van der Waals surface area contributed by atoms with Gasteiger partial charge in [-0.3, -0.25) is 4.79 Å². The zero-order valence-electron chi connectivity index (χ0n) is 15.5. The maximum absolute atomic E-state index is 13.7. The quantitative estimate of drug-likeness (QED) is 0.730. The van der Waals surface area contributed by atoms with Crippen molar-refractivity contribution in [3.05, 3.63) is 83.1 Å². The second-order valence-corrected chi connectivity index (χ2v) is 6.60. The average Bonchev–Trinajstić information content (AvgIpc) is 3.14. The van der Waals surface area contributed by atoms with Crippen LogP contribution in [0.1, 0.15) is 31.0 Å². The van der Waals surface area contributed by atoms with E-state index in [4.69, 9.17) is 4.74 Å². The number of Topliss-reactive ketones (excluding diaryl/α,β-unsaturated/α-hetero) is 1. The summed E-state index contributed by atoms with van der Waals surface area (Å²) in [5.41, 5.74) is 2.78. The molecule has 1 aromatic heterocycles. The fraction of sp³-hybridized carbons (Fsp3) is 0.190. The largest absolute Gasteiger partial charge is 0.489 e. The van der Waals surface area contributed by atoms with Crippen LogP contribution in [0.25, 0.3) is 0 Å². The molecule has 2 aromatic carbocycles. The van der Waals surface area contributed by atoms with Gasteiger partial charge in [-0.1, -0.05) is 30.3 Å². The van der Waals surface area contributed by atoms with Gasteiger partial charge in [-0.05, 0) is 37.6 Å². The SMILES string of the molecule is CC(=O)C1=C(C)Nc2ncnn2[C@H]1c1ccc(OCc2ccccc2F)cc1. The van der Waals surface area contributed by atoms with E-state index in [1.807, 2.05) is 31.2 Å². The van der Waals surface area contributed by atoms with Crippen molar-refractivity contribution >= 4 is 11.7 Å². The number of aromatic nitrogens is 3. The van der Waals surface area contributed by atoms with Gasteiger partial charge in [0.1, 0.15) is 30.5 Å². The first kappa shape index (κ1) is 17.9. The number of carbonyl (C=O) groups excluding carboxylic acids is 1. The van der Waals surface area contributed by atoms with Crippen molar-refractivity contribution in [2.24, 2.45) is 0 Å². The standard InChI is InChI=1S/C21H19FN4O2/c1-13-19(14(2)27)20(26-21(25-13)23-12-24-26)15-7-9-17(10-8-15)28-11-16-5-3-4-6-18(16)22/h3-10,12,20H,11H2,1-2H3,(H,23,24,25)/t20-/m0/s1. The first-order valence-electron chi connectivity index (χ1n) is 8.89. The van der Waals surface area contributed by atoms with Crippen molar-refractivity contribution in [1.29, 1.82) is 0 Å². The fourth-order valence-corrected chi connectivity index (χ4v) is 3.38. The molecule has 0 radical (unpaired) electrons. The summed E-state index contributed by atoms with van der Waals surface area (Å²) in [5, 5.41) is 7.39. The summed E-state index contributed by atoms with van der Waals surface area (Å²) < 4.78 is 21.1. The van der Waals surface area contributed by atoms with Gasteiger partial charge in [0.15, 0.2) is 5.78 Å². The highest BCUT2D eigenvalue weighted by Gasteiger charge is 2.31. The number of anilines is 1. The maximum Gasteiger partial charge on any atom is 0.226 e. The molecule has 6 nitrogen and oxygen atoms in total. The molecule has 2 heterocycles. The van der Waals surface area contributed by atoms with Gasteiger partial charge in [0, 0.05) is 16.8 Å². The van der Waals surface area contributed by atoms with Gasteiger partial charge in [0.25, 0.3) is 0 Å². The van der Waals surface area contributed by atoms with E-state index in [9.17, 15) is 9.18 Å². The average molecular weight is 378 g/mol. The smallest absolute Gasteiger partial charge is 0.226 e. The van der Waals surface area contributed by atoms with Crippen LogP contribution in [0.3, 0.4) is 0 Å². The molecule has 0 fully saturated rings. The summed E-state index contributed by atoms with van der Waals surface area (Å²) >= 11 is 0. The highest BCUT2D eigenvalue weighted by molar-refractivity contribution is 5.96. The van der Waals surface area contributed by atoms with Gasteiger partial charge < -0.3 is 10.1 Å². The molecule has 4 rings (SSSR count). The van der Waals surface area contributed by atoms with Crippen molar-refractivity contribution in [3.63, 3.8) is 0 Å². The van der Waals surface area contributed by atoms with E-state index in [2.05, 4.69) is 15.4 Å². The molecule has 0 aliphatic carbocycles. The molecule has 0 saturated carbocycles. The van der Waals surface area contributed by atoms with Crippen LogP contribution in [0.15, 0.2) is 66.1 Å². The highest BCUT2D eigenvalue weighted by Crippen LogP contribution is 2.35. The van der Waals surface area contributed by atoms with Gasteiger partial charge in [-0.2, -0.15) is 10.1 Å². The monoisotopic (exact) mass is 378 g/mol. The van der Waals surface area contributed by atoms with Gasteiger partial charge in [0.05, 0.1) is 0 Å². The van der Waals surface area contributed by atoms with Gasteiger partial charge in [-0.15, -0.1) is 0 Å². The Bertz CT molecular complexity index is 1060. The van der Waals surface area contributed by atoms with E-state index in [1.165, 1.54) is 12.4 Å². The predicted octanol–water partition coefficient (Wildman–Crippen LogP) is 3.87. The maximum atomic E-state index is 13.7. The van der Waals surface area contributed by atoms with Crippen molar-refractivity contribution in [3.8, 4) is 5.75 Å². The molecule has 1 aliphatic heterocycles. The first-order chi connectivity index (χ1) is 13.5. The Kier molecular flexibility index (Phi) is 4.65. The van der Waals surface area contributed by atoms with Crippen LogP contribution in [0.2, 0.25) is 0 Å². The fourth-order valence-electron chi connectivity index (χ4n) is 3.38. The molecule has 1 aliphatic rings. The number of nitrogens with zero attached hydrogens (tertiary/aromatic N) is 3. The third-order valence-electron chi connectivity index (χ3n) is 4.72. The zero-order chi connectivity index (χ0) is 19.7. The van der Waals surface area contributed by atoms with E-state index in [0.717, 1.165) is 11.3 Å². The summed E-state index contributed by atoms with van der Waals surface area (Å²) in [7, 11) is 0. The number of allylic oxidation sites excluding steroid dienone is 2. The van der Waals surface area contributed by atoms with Crippen molar-refractivity contribution in [1.82, 2.24) is 14.8 Å². The molecule has 0 amide bonds. The number of carbonyl (C=O) groups is 1. The lowest BCUT2D eigenvalue weighted by atomic mass is 9.93. The van der Waals surface area contributed by atoms with Crippen LogP contribution in [-0.4, -0.2) is 20.5 Å². The summed E-state index contributed by atoms with van der Waals surface area (Å²) in [6.45, 7) is 3.54. The third kappa shape index (κ3) is 3.26. The predicted molar refractivity (Wildman–Crippen MR) is 102 cm³/mol. The van der Waals surface area contributed by atoms with Crippen LogP contribution in [-0.2, 0) is 11.4 Å². The molecule has 28 heavy (non-hydrogen) atoms. The summed E-state index contributed by atoms with van der Waals surface area (Å²) in [5.74, 6) is 0.882. The lowest BCUT2D eigenvalue weighted by Crippen LogP contribution is -2.27. The van der Waals surface area contributed by atoms with Crippen LogP contribution < -0.4 is 10.1 Å². The molecule has 142 valence electrons. The number of rotatable bonds is 5. The molecule has 1 atom stereocenters. The molecule has 7 heteroatoms. The number of ketones is 1. The normalized spacial score (nSPS) is 15.8. The number of ether oxygens (including phenoxy) is 1. The van der Waals surface area contributed by atoms with E-state index in [1.54, 1.807) is 29.8 Å². The molecule has 1 N–H and O–H groups in total. The second-order valence-electron chi connectivity index (χ2n) is 6.60. The van der Waals surface area contributed by atoms with E-state index < -0.39 is 0 Å². The number of fused-ring (bicyclic) bond motifs is 1. The Hall–Kier alpha value is -3.48. The Labute approximate surface area is 161 Å². The van der Waals surface area contributed by atoms with Crippen LogP contribution in [0.5, 0.6) is 5.75 Å². The van der Waals surface area contributed by atoms with Gasteiger partial charge >= 0.3 is 0 Å². The van der Waals surface area contributed by atoms with Crippen LogP contribution in [0, 0.1) is 5.82 Å². The molecule has 0 saturated heterocycles. The molecule has 0 unspecified atom stereocenters. The Morgan fingerprint density at radius 2 is 1.96 bits per heavy atom. The molecular formula is C21H19FN4O2. The summed E-state index contributed by atoms with van der Waals surface area (Å²) in [6, 6.07) is 13.5. The lowest BCUT2D eigenvalue weighted by molar-refractivity contribution is -0.114. The number of hydrogen-bond acceptors (Lipinski definition) is 5. The number of hydrogen-bond donors (Lipinski definition) is 1. The molecule has 0 bridgehead atoms. The van der Waals surface area contributed by atoms with Crippen molar-refractivity contribution in [2.45, 2.75) is 26.5 Å². The topological polar surface area (TPSA) is 69.0 Å². The van der Waals surface area contributed by atoms with Crippen LogP contribution >= 0.6 is 0 Å². The Balaban J connectivity index is 1.60. The van der Waals surface area contributed by atoms with Gasteiger partial charge in [-0.25, -0.2) is 9.07 Å². The van der Waals surface area contributed by atoms with E-state index in [-0.39, 0.29) is 24.2 Å². The Morgan fingerprint density at radius 3 is 2.68 bits per heavy atom. The highest BCUT2D eigenvalue weighted by atomic mass is 19.1. The third-order valence-corrected chi connectivity index (χ3v) is 4.72. The van der Waals surface area contributed by atoms with Crippen LogP contribution in [0.4, 0.5) is 10.3 Å². The summed E-state index contributed by atoms with van der Waals surface area (Å²) in [6.07, 6.45) is 1.46. The number of halogens is 1. The van der Waals surface area contributed by atoms with E-state index >= 15 is 0 Å². The zero-order valence-corrected chi connectivity index (χ0v) is 15.5. The second kappa shape index (κ2) is 7.26. The molecule has 3 aromatic rings. The minimum Gasteiger partial charge on any atom is -0.489 e. The van der Waals surface area contributed by atoms with Crippen molar-refractivity contribution in [2.75, 3.05) is 5.32 Å². The first-order valence-corrected chi connectivity index (χ1v) is 8.89. The molecule has 0 spiro atoms. The van der Waals surface area contributed by atoms with Gasteiger partial charge in [0.2, 0.25) is 5.95 Å².